The molecule has 2 heterocycles. The van der Waals surface area contributed by atoms with Gasteiger partial charge in [-0.2, -0.15) is 0 Å². The summed E-state index contributed by atoms with van der Waals surface area (Å²) in [5.74, 6) is 0.493. The van der Waals surface area contributed by atoms with Gasteiger partial charge < -0.3 is 10.4 Å². The highest BCUT2D eigenvalue weighted by atomic mass is 32.1. The van der Waals surface area contributed by atoms with Crippen molar-refractivity contribution >= 4 is 21.6 Å². The van der Waals surface area contributed by atoms with Crippen molar-refractivity contribution in [2.75, 3.05) is 6.54 Å². The molecule has 2 aromatic rings. The van der Waals surface area contributed by atoms with E-state index in [1.54, 1.807) is 11.3 Å². The van der Waals surface area contributed by atoms with E-state index in [2.05, 4.69) is 28.7 Å². The second-order valence-electron chi connectivity index (χ2n) is 5.81. The van der Waals surface area contributed by atoms with Crippen LogP contribution in [-0.4, -0.2) is 22.7 Å². The molecule has 2 atom stereocenters. The van der Waals surface area contributed by atoms with Gasteiger partial charge in [-0.3, -0.25) is 4.98 Å². The summed E-state index contributed by atoms with van der Waals surface area (Å²) in [6, 6.07) is 4.48. The van der Waals surface area contributed by atoms with Crippen LogP contribution in [0.3, 0.4) is 0 Å². The monoisotopic (exact) mass is 290 g/mol. The van der Waals surface area contributed by atoms with Gasteiger partial charge in [-0.25, -0.2) is 0 Å². The number of aromatic nitrogens is 1. The number of pyridine rings is 1. The van der Waals surface area contributed by atoms with E-state index in [1.165, 1.54) is 35.9 Å². The van der Waals surface area contributed by atoms with Crippen molar-refractivity contribution in [1.82, 2.24) is 10.3 Å². The normalized spacial score (nSPS) is 19.5. The van der Waals surface area contributed by atoms with Gasteiger partial charge in [0.15, 0.2) is 0 Å². The number of nitrogens with one attached hydrogen (secondary N) is 1. The molecule has 0 saturated heterocycles. The minimum atomic E-state index is -0.210. The summed E-state index contributed by atoms with van der Waals surface area (Å²) in [6.45, 7) is 2.81. The molecule has 20 heavy (non-hydrogen) atoms. The van der Waals surface area contributed by atoms with Gasteiger partial charge in [-0.15, -0.1) is 11.3 Å². The van der Waals surface area contributed by atoms with Gasteiger partial charge in [0.2, 0.25) is 0 Å². The predicted molar refractivity (Wildman–Crippen MR) is 84.0 cm³/mol. The average molecular weight is 290 g/mol. The molecule has 3 rings (SSSR count). The Morgan fingerprint density at radius 2 is 2.25 bits per heavy atom. The summed E-state index contributed by atoms with van der Waals surface area (Å²) in [5, 5.41) is 15.7. The quantitative estimate of drug-likeness (QED) is 0.886. The minimum Gasteiger partial charge on any atom is -0.392 e. The number of hydrogen-bond acceptors (Lipinski definition) is 4. The van der Waals surface area contributed by atoms with E-state index in [0.717, 1.165) is 5.52 Å². The van der Waals surface area contributed by atoms with E-state index in [4.69, 9.17) is 0 Å². The fraction of sp³-hybridized carbons (Fsp3) is 0.562. The maximum absolute atomic E-state index is 10.2. The number of aliphatic hydroxyl groups excluding tert-OH is 1. The molecule has 2 N–H and O–H groups in total. The van der Waals surface area contributed by atoms with Crippen LogP contribution in [0.15, 0.2) is 23.7 Å². The van der Waals surface area contributed by atoms with E-state index in [1.807, 2.05) is 12.3 Å². The lowest BCUT2D eigenvalue weighted by Crippen LogP contribution is -2.33. The van der Waals surface area contributed by atoms with E-state index >= 15 is 0 Å². The Bertz CT molecular complexity index is 562. The maximum atomic E-state index is 10.2. The van der Waals surface area contributed by atoms with Crippen molar-refractivity contribution in [2.45, 2.75) is 44.8 Å². The second kappa shape index (κ2) is 6.20. The Hall–Kier alpha value is -0.970. The lowest BCUT2D eigenvalue weighted by molar-refractivity contribution is 0.106. The van der Waals surface area contributed by atoms with Crippen LogP contribution in [-0.2, 0) is 0 Å². The molecular weight excluding hydrogens is 268 g/mol. The smallest absolute Gasteiger partial charge is 0.0809 e. The molecule has 0 bridgehead atoms. The Morgan fingerprint density at radius 1 is 1.45 bits per heavy atom. The third-order valence-corrected chi connectivity index (χ3v) is 5.25. The van der Waals surface area contributed by atoms with E-state index in [-0.39, 0.29) is 12.1 Å². The van der Waals surface area contributed by atoms with Crippen molar-refractivity contribution in [2.24, 2.45) is 5.92 Å². The third kappa shape index (κ3) is 3.03. The number of hydrogen-bond donors (Lipinski definition) is 2. The van der Waals surface area contributed by atoms with Gasteiger partial charge in [0, 0.05) is 18.8 Å². The molecule has 0 spiro atoms. The van der Waals surface area contributed by atoms with Crippen LogP contribution in [0.4, 0.5) is 0 Å². The largest absolute Gasteiger partial charge is 0.392 e. The fourth-order valence-corrected chi connectivity index (χ4v) is 3.81. The summed E-state index contributed by atoms with van der Waals surface area (Å²) in [7, 11) is 0. The minimum absolute atomic E-state index is 0.210. The molecule has 1 aliphatic carbocycles. The molecule has 108 valence electrons. The first-order chi connectivity index (χ1) is 9.74. The first kappa shape index (κ1) is 14.0. The van der Waals surface area contributed by atoms with Crippen LogP contribution in [0.5, 0.6) is 0 Å². The van der Waals surface area contributed by atoms with Gasteiger partial charge in [-0.1, -0.05) is 12.8 Å². The van der Waals surface area contributed by atoms with Crippen LogP contribution in [0.1, 0.15) is 44.2 Å². The second-order valence-corrected chi connectivity index (χ2v) is 6.76. The Labute approximate surface area is 124 Å². The number of fused-ring (bicyclic) bond motifs is 1. The van der Waals surface area contributed by atoms with Crippen molar-refractivity contribution in [3.63, 3.8) is 0 Å². The van der Waals surface area contributed by atoms with Gasteiger partial charge >= 0.3 is 0 Å². The van der Waals surface area contributed by atoms with E-state index in [9.17, 15) is 5.11 Å². The highest BCUT2D eigenvalue weighted by Crippen LogP contribution is 2.28. The summed E-state index contributed by atoms with van der Waals surface area (Å²) in [4.78, 5) is 4.47. The number of aliphatic hydroxyl groups is 1. The van der Waals surface area contributed by atoms with Crippen molar-refractivity contribution in [3.05, 3.63) is 29.3 Å². The van der Waals surface area contributed by atoms with Crippen molar-refractivity contribution in [3.8, 4) is 0 Å². The molecule has 3 nitrogen and oxygen atoms in total. The van der Waals surface area contributed by atoms with Crippen LogP contribution in [0.25, 0.3) is 10.2 Å². The summed E-state index contributed by atoms with van der Waals surface area (Å²) < 4.78 is 1.23. The van der Waals surface area contributed by atoms with Crippen LogP contribution >= 0.6 is 11.3 Å². The number of thiophene rings is 1. The molecule has 0 aromatic carbocycles. The number of nitrogens with zero attached hydrogens (tertiary/aromatic N) is 1. The first-order valence-electron chi connectivity index (χ1n) is 7.48. The van der Waals surface area contributed by atoms with Crippen LogP contribution < -0.4 is 5.32 Å². The lowest BCUT2D eigenvalue weighted by Gasteiger charge is -2.21. The first-order valence-corrected chi connectivity index (χ1v) is 8.36. The van der Waals surface area contributed by atoms with Gasteiger partial charge in [0.1, 0.15) is 0 Å². The molecule has 1 fully saturated rings. The highest BCUT2D eigenvalue weighted by molar-refractivity contribution is 7.17. The lowest BCUT2D eigenvalue weighted by atomic mass is 10.0. The topological polar surface area (TPSA) is 45.1 Å². The maximum Gasteiger partial charge on any atom is 0.0809 e. The molecule has 0 aliphatic heterocycles. The van der Waals surface area contributed by atoms with E-state index < -0.39 is 0 Å². The zero-order valence-corrected chi connectivity index (χ0v) is 12.7. The number of rotatable bonds is 5. The van der Waals surface area contributed by atoms with Crippen LogP contribution in [0.2, 0.25) is 0 Å². The summed E-state index contributed by atoms with van der Waals surface area (Å²) in [5.41, 5.74) is 2.26. The molecule has 0 amide bonds. The average Bonchev–Trinajstić information content (AvgIpc) is 3.13. The molecule has 2 aromatic heterocycles. The van der Waals surface area contributed by atoms with Crippen LogP contribution in [0, 0.1) is 5.92 Å². The molecular formula is C16H22N2OS. The van der Waals surface area contributed by atoms with Crippen molar-refractivity contribution < 1.29 is 5.11 Å². The van der Waals surface area contributed by atoms with E-state index in [0.29, 0.717) is 12.5 Å². The zero-order valence-electron chi connectivity index (χ0n) is 11.9. The standard InChI is InChI=1S/C16H22N2OS/c1-11(17-10-15(19)12-4-2-3-5-12)13-8-16-14(18-9-13)6-7-20-16/h6-9,11-12,15,17,19H,2-5,10H2,1H3. The summed E-state index contributed by atoms with van der Waals surface area (Å²) >= 11 is 1.72. The van der Waals surface area contributed by atoms with Gasteiger partial charge in [-0.05, 0) is 48.8 Å². The Morgan fingerprint density at radius 3 is 3.05 bits per heavy atom. The van der Waals surface area contributed by atoms with Gasteiger partial charge in [0.25, 0.3) is 0 Å². The Balaban J connectivity index is 1.59. The highest BCUT2D eigenvalue weighted by Gasteiger charge is 2.23. The predicted octanol–water partition coefficient (Wildman–Crippen LogP) is 3.50. The fourth-order valence-electron chi connectivity index (χ4n) is 3.02. The molecule has 0 radical (unpaired) electrons. The Kier molecular flexibility index (Phi) is 4.34. The molecule has 1 saturated carbocycles. The molecule has 2 unspecified atom stereocenters. The SMILES string of the molecule is CC(NCC(O)C1CCCC1)c1cnc2ccsc2c1. The molecule has 1 aliphatic rings. The van der Waals surface area contributed by atoms with Gasteiger partial charge in [0.05, 0.1) is 16.3 Å². The summed E-state index contributed by atoms with van der Waals surface area (Å²) in [6.07, 6.45) is 6.64. The zero-order chi connectivity index (χ0) is 13.9. The van der Waals surface area contributed by atoms with Crippen molar-refractivity contribution in [1.29, 1.82) is 0 Å². The molecule has 4 heteroatoms. The third-order valence-electron chi connectivity index (χ3n) is 4.40.